The van der Waals surface area contributed by atoms with Gasteiger partial charge in [0.15, 0.2) is 10.7 Å². The Bertz CT molecular complexity index is 738. The fourth-order valence-corrected chi connectivity index (χ4v) is 3.98. The van der Waals surface area contributed by atoms with Gasteiger partial charge in [-0.15, -0.1) is 22.7 Å². The monoisotopic (exact) mass is 278 g/mol. The number of aromatic carboxylic acids is 1. The number of carbonyl (C=O) groups is 1. The number of fused-ring (bicyclic) bond motifs is 1. The minimum atomic E-state index is -0.935. The van der Waals surface area contributed by atoms with Crippen LogP contribution in [-0.2, 0) is 0 Å². The highest BCUT2D eigenvalue weighted by atomic mass is 32.1. The molecule has 3 aromatic rings. The van der Waals surface area contributed by atoms with Crippen LogP contribution in [-0.4, -0.2) is 20.5 Å². The summed E-state index contributed by atoms with van der Waals surface area (Å²) in [5, 5.41) is 11.3. The normalized spacial score (nSPS) is 11.2. The molecule has 0 aromatic carbocycles. The minimum absolute atomic E-state index is 0.262. The molecule has 0 saturated heterocycles. The zero-order chi connectivity index (χ0) is 12.9. The van der Waals surface area contributed by atoms with Crippen molar-refractivity contribution in [2.45, 2.75) is 13.8 Å². The molecule has 4 nitrogen and oxygen atoms in total. The maximum atomic E-state index is 11.4. The lowest BCUT2D eigenvalue weighted by Gasteiger charge is -2.01. The van der Waals surface area contributed by atoms with Crippen molar-refractivity contribution >= 4 is 33.6 Å². The highest BCUT2D eigenvalue weighted by Gasteiger charge is 2.22. The number of aromatic nitrogens is 2. The van der Waals surface area contributed by atoms with Crippen LogP contribution in [0, 0.1) is 13.8 Å². The molecule has 0 saturated carbocycles. The number of nitrogens with zero attached hydrogens (tertiary/aromatic N) is 2. The van der Waals surface area contributed by atoms with E-state index in [1.165, 1.54) is 11.3 Å². The smallest absolute Gasteiger partial charge is 0.354 e. The Kier molecular flexibility index (Phi) is 2.49. The molecule has 0 radical (unpaired) electrons. The third kappa shape index (κ3) is 1.49. The standard InChI is InChI=1S/C12H10N2O2S2/c1-6-9(11(15)16)14-10(8-4-3-5-17-8)7(2)18-12(14)13-6/h3-5H,1-2H3,(H,15,16). The summed E-state index contributed by atoms with van der Waals surface area (Å²) in [6.45, 7) is 3.73. The molecule has 3 rings (SSSR count). The molecule has 0 aliphatic carbocycles. The summed E-state index contributed by atoms with van der Waals surface area (Å²) in [7, 11) is 0. The Hall–Kier alpha value is -1.66. The summed E-state index contributed by atoms with van der Waals surface area (Å²) in [4.78, 5) is 18.6. The van der Waals surface area contributed by atoms with Crippen molar-refractivity contribution in [3.8, 4) is 10.6 Å². The first kappa shape index (κ1) is 11.4. The second kappa shape index (κ2) is 3.93. The van der Waals surface area contributed by atoms with Gasteiger partial charge in [-0.1, -0.05) is 6.07 Å². The van der Waals surface area contributed by atoms with Gasteiger partial charge in [-0.25, -0.2) is 9.78 Å². The van der Waals surface area contributed by atoms with Crippen LogP contribution in [0.25, 0.3) is 15.5 Å². The average molecular weight is 278 g/mol. The molecule has 0 aliphatic heterocycles. The Labute approximate surface area is 111 Å². The van der Waals surface area contributed by atoms with Crippen LogP contribution in [0.3, 0.4) is 0 Å². The maximum absolute atomic E-state index is 11.4. The van der Waals surface area contributed by atoms with Gasteiger partial charge in [0.2, 0.25) is 0 Å². The molecule has 18 heavy (non-hydrogen) atoms. The number of aryl methyl sites for hydroxylation is 2. The number of hydrogen-bond donors (Lipinski definition) is 1. The lowest BCUT2D eigenvalue weighted by Crippen LogP contribution is -2.04. The predicted molar refractivity (Wildman–Crippen MR) is 72.8 cm³/mol. The molecule has 0 fully saturated rings. The molecule has 0 atom stereocenters. The highest BCUT2D eigenvalue weighted by Crippen LogP contribution is 2.35. The summed E-state index contributed by atoms with van der Waals surface area (Å²) in [5.74, 6) is -0.935. The number of imidazole rings is 1. The molecule has 92 valence electrons. The van der Waals surface area contributed by atoms with Crippen LogP contribution >= 0.6 is 22.7 Å². The number of thiazole rings is 1. The molecule has 0 unspecified atom stereocenters. The van der Waals surface area contributed by atoms with Gasteiger partial charge in [-0.05, 0) is 25.3 Å². The summed E-state index contributed by atoms with van der Waals surface area (Å²) < 4.78 is 1.75. The summed E-state index contributed by atoms with van der Waals surface area (Å²) in [6, 6.07) is 3.97. The van der Waals surface area contributed by atoms with Gasteiger partial charge >= 0.3 is 5.97 Å². The number of carboxylic acids is 1. The first-order valence-corrected chi connectivity index (χ1v) is 7.05. The van der Waals surface area contributed by atoms with Gasteiger partial charge in [0.25, 0.3) is 0 Å². The Balaban J connectivity index is 2.43. The van der Waals surface area contributed by atoms with Crippen molar-refractivity contribution < 1.29 is 9.90 Å². The molecular formula is C12H10N2O2S2. The Morgan fingerprint density at radius 1 is 1.44 bits per heavy atom. The van der Waals surface area contributed by atoms with Gasteiger partial charge in [-0.3, -0.25) is 4.40 Å². The van der Waals surface area contributed by atoms with E-state index in [9.17, 15) is 9.90 Å². The van der Waals surface area contributed by atoms with Crippen molar-refractivity contribution in [3.63, 3.8) is 0 Å². The van der Waals surface area contributed by atoms with Crippen LogP contribution in [0.15, 0.2) is 17.5 Å². The van der Waals surface area contributed by atoms with E-state index in [0.717, 1.165) is 20.4 Å². The van der Waals surface area contributed by atoms with Crippen LogP contribution in [0.4, 0.5) is 0 Å². The fraction of sp³-hybridized carbons (Fsp3) is 0.167. The molecule has 0 amide bonds. The van der Waals surface area contributed by atoms with Crippen LogP contribution < -0.4 is 0 Å². The van der Waals surface area contributed by atoms with Gasteiger partial charge < -0.3 is 5.11 Å². The van der Waals surface area contributed by atoms with Gasteiger partial charge in [0.05, 0.1) is 16.3 Å². The van der Waals surface area contributed by atoms with E-state index in [-0.39, 0.29) is 5.69 Å². The lowest BCUT2D eigenvalue weighted by molar-refractivity contribution is 0.0688. The molecule has 0 spiro atoms. The van der Waals surface area contributed by atoms with Crippen LogP contribution in [0.5, 0.6) is 0 Å². The largest absolute Gasteiger partial charge is 0.477 e. The summed E-state index contributed by atoms with van der Waals surface area (Å²) >= 11 is 3.13. The molecular weight excluding hydrogens is 268 g/mol. The quantitative estimate of drug-likeness (QED) is 0.781. The van der Waals surface area contributed by atoms with E-state index in [1.807, 2.05) is 24.4 Å². The van der Waals surface area contributed by atoms with Crippen molar-refractivity contribution in [1.29, 1.82) is 0 Å². The van der Waals surface area contributed by atoms with E-state index in [2.05, 4.69) is 4.98 Å². The second-order valence-corrected chi connectivity index (χ2v) is 6.08. The Morgan fingerprint density at radius 3 is 2.83 bits per heavy atom. The van der Waals surface area contributed by atoms with E-state index in [4.69, 9.17) is 0 Å². The van der Waals surface area contributed by atoms with Crippen molar-refractivity contribution in [2.75, 3.05) is 0 Å². The summed E-state index contributed by atoms with van der Waals surface area (Å²) in [5.41, 5.74) is 1.77. The third-order valence-corrected chi connectivity index (χ3v) is 4.61. The number of rotatable bonds is 2. The van der Waals surface area contributed by atoms with Crippen molar-refractivity contribution in [3.05, 3.63) is 33.8 Å². The molecule has 6 heteroatoms. The minimum Gasteiger partial charge on any atom is -0.477 e. The van der Waals surface area contributed by atoms with Gasteiger partial charge in [0, 0.05) is 4.88 Å². The van der Waals surface area contributed by atoms with E-state index >= 15 is 0 Å². The zero-order valence-electron chi connectivity index (χ0n) is 9.80. The fourth-order valence-electron chi connectivity index (χ4n) is 2.07. The third-order valence-electron chi connectivity index (χ3n) is 2.78. The zero-order valence-corrected chi connectivity index (χ0v) is 11.4. The second-order valence-electron chi connectivity index (χ2n) is 3.95. The SMILES string of the molecule is Cc1nc2sc(C)c(-c3cccs3)n2c1C(=O)O. The average Bonchev–Trinajstić information content (AvgIpc) is 2.92. The van der Waals surface area contributed by atoms with E-state index in [1.54, 1.807) is 22.7 Å². The summed E-state index contributed by atoms with van der Waals surface area (Å²) in [6.07, 6.45) is 0. The van der Waals surface area contributed by atoms with Crippen molar-refractivity contribution in [2.24, 2.45) is 0 Å². The number of hydrogen-bond acceptors (Lipinski definition) is 4. The topological polar surface area (TPSA) is 54.6 Å². The molecule has 0 aliphatic rings. The molecule has 0 bridgehead atoms. The number of thiophene rings is 1. The predicted octanol–water partition coefficient (Wildman–Crippen LogP) is 3.44. The highest BCUT2D eigenvalue weighted by molar-refractivity contribution is 7.18. The van der Waals surface area contributed by atoms with E-state index in [0.29, 0.717) is 5.69 Å². The van der Waals surface area contributed by atoms with Gasteiger partial charge in [-0.2, -0.15) is 0 Å². The van der Waals surface area contributed by atoms with Crippen LogP contribution in [0.1, 0.15) is 21.1 Å². The maximum Gasteiger partial charge on any atom is 0.354 e. The Morgan fingerprint density at radius 2 is 2.22 bits per heavy atom. The van der Waals surface area contributed by atoms with Crippen molar-refractivity contribution in [1.82, 2.24) is 9.38 Å². The van der Waals surface area contributed by atoms with Gasteiger partial charge in [0.1, 0.15) is 0 Å². The molecule has 3 heterocycles. The lowest BCUT2D eigenvalue weighted by atomic mass is 10.3. The first-order chi connectivity index (χ1) is 8.59. The molecule has 3 aromatic heterocycles. The van der Waals surface area contributed by atoms with E-state index < -0.39 is 5.97 Å². The van der Waals surface area contributed by atoms with Crippen LogP contribution in [0.2, 0.25) is 0 Å². The number of carboxylic acid groups (broad SMARTS) is 1. The first-order valence-electron chi connectivity index (χ1n) is 5.35. The molecule has 1 N–H and O–H groups in total.